The van der Waals surface area contributed by atoms with Crippen molar-refractivity contribution in [3.8, 4) is 0 Å². The fourth-order valence-corrected chi connectivity index (χ4v) is 4.00. The molecular formula is C17H14N4O2S2. The number of anilines is 2. The topological polar surface area (TPSA) is 80.0 Å². The summed E-state index contributed by atoms with van der Waals surface area (Å²) in [5.74, 6) is 0.195. The summed E-state index contributed by atoms with van der Waals surface area (Å²) in [6.07, 6.45) is 0. The molecule has 2 aromatic heterocycles. The van der Waals surface area contributed by atoms with E-state index in [1.165, 1.54) is 23.1 Å². The van der Waals surface area contributed by atoms with Gasteiger partial charge in [-0.2, -0.15) is 0 Å². The van der Waals surface area contributed by atoms with Crippen molar-refractivity contribution in [3.05, 3.63) is 42.5 Å². The maximum absolute atomic E-state index is 12.2. The Hall–Kier alpha value is -2.58. The largest absolute Gasteiger partial charge is 0.456 e. The minimum Gasteiger partial charge on any atom is -0.456 e. The molecular weight excluding hydrogens is 356 g/mol. The molecule has 1 amide bonds. The van der Waals surface area contributed by atoms with Crippen LogP contribution in [0.3, 0.4) is 0 Å². The molecule has 0 bridgehead atoms. The molecule has 0 unspecified atom stereocenters. The van der Waals surface area contributed by atoms with Gasteiger partial charge in [0.2, 0.25) is 11.0 Å². The molecule has 4 rings (SSSR count). The second kappa shape index (κ2) is 6.73. The molecule has 8 heteroatoms. The third-order valence-electron chi connectivity index (χ3n) is 3.61. The van der Waals surface area contributed by atoms with Crippen molar-refractivity contribution in [2.45, 2.75) is 4.34 Å². The summed E-state index contributed by atoms with van der Waals surface area (Å²) in [4.78, 5) is 12.2. The van der Waals surface area contributed by atoms with Crippen LogP contribution in [-0.2, 0) is 4.79 Å². The Kier molecular flexibility index (Phi) is 4.29. The van der Waals surface area contributed by atoms with Crippen LogP contribution >= 0.6 is 23.1 Å². The lowest BCUT2D eigenvalue weighted by Crippen LogP contribution is -2.13. The predicted octanol–water partition coefficient (Wildman–Crippen LogP) is 4.21. The zero-order valence-electron chi connectivity index (χ0n) is 13.3. The molecule has 2 N–H and O–H groups in total. The van der Waals surface area contributed by atoms with E-state index in [-0.39, 0.29) is 11.7 Å². The highest BCUT2D eigenvalue weighted by Gasteiger charge is 2.10. The Labute approximate surface area is 151 Å². The molecule has 6 nitrogen and oxygen atoms in total. The van der Waals surface area contributed by atoms with Crippen molar-refractivity contribution < 1.29 is 9.21 Å². The van der Waals surface area contributed by atoms with Crippen molar-refractivity contribution in [1.29, 1.82) is 0 Å². The first-order valence-electron chi connectivity index (χ1n) is 7.58. The van der Waals surface area contributed by atoms with Gasteiger partial charge in [0.1, 0.15) is 11.2 Å². The predicted molar refractivity (Wildman–Crippen MR) is 103 cm³/mol. The van der Waals surface area contributed by atoms with Gasteiger partial charge in [-0.3, -0.25) is 4.79 Å². The average Bonchev–Trinajstić information content (AvgIpc) is 3.24. The Morgan fingerprint density at radius 1 is 1.16 bits per heavy atom. The Morgan fingerprint density at radius 2 is 2.00 bits per heavy atom. The Balaban J connectivity index is 1.48. The number of hydrogen-bond donors (Lipinski definition) is 2. The van der Waals surface area contributed by atoms with Gasteiger partial charge in [-0.15, -0.1) is 10.2 Å². The summed E-state index contributed by atoms with van der Waals surface area (Å²) in [7, 11) is 1.79. The number of carbonyl (C=O) groups excluding carboxylic acids is 1. The number of thioether (sulfide) groups is 1. The van der Waals surface area contributed by atoms with Crippen molar-refractivity contribution in [2.75, 3.05) is 23.4 Å². The number of para-hydroxylation sites is 1. The highest BCUT2D eigenvalue weighted by Crippen LogP contribution is 2.30. The SMILES string of the molecule is CNc1nnc(SCC(=O)Nc2ccc3oc4ccccc4c3c2)s1. The van der Waals surface area contributed by atoms with Gasteiger partial charge in [0.05, 0.1) is 5.75 Å². The second-order valence-electron chi connectivity index (χ2n) is 5.27. The molecule has 25 heavy (non-hydrogen) atoms. The maximum Gasteiger partial charge on any atom is 0.234 e. The third-order valence-corrected chi connectivity index (χ3v) is 5.68. The van der Waals surface area contributed by atoms with Crippen LogP contribution in [0.5, 0.6) is 0 Å². The smallest absolute Gasteiger partial charge is 0.234 e. The lowest BCUT2D eigenvalue weighted by atomic mass is 10.1. The summed E-state index contributed by atoms with van der Waals surface area (Å²) < 4.78 is 6.55. The van der Waals surface area contributed by atoms with Gasteiger partial charge in [0.25, 0.3) is 0 Å². The number of nitrogens with zero attached hydrogens (tertiary/aromatic N) is 2. The number of carbonyl (C=O) groups is 1. The number of amides is 1. The summed E-state index contributed by atoms with van der Waals surface area (Å²) in [6, 6.07) is 13.5. The number of aromatic nitrogens is 2. The number of furan rings is 1. The molecule has 0 fully saturated rings. The monoisotopic (exact) mass is 370 g/mol. The maximum atomic E-state index is 12.2. The lowest BCUT2D eigenvalue weighted by molar-refractivity contribution is -0.113. The standard InChI is InChI=1S/C17H14N4O2S2/c1-18-16-20-21-17(25-16)24-9-15(22)19-10-6-7-14-12(8-10)11-4-2-3-5-13(11)23-14/h2-8H,9H2,1H3,(H,18,20)(H,19,22). The zero-order valence-corrected chi connectivity index (χ0v) is 14.9. The van der Waals surface area contributed by atoms with E-state index >= 15 is 0 Å². The molecule has 0 aliphatic rings. The van der Waals surface area contributed by atoms with Gasteiger partial charge >= 0.3 is 0 Å². The molecule has 2 heterocycles. The first-order chi connectivity index (χ1) is 12.2. The van der Waals surface area contributed by atoms with Crippen LogP contribution in [0.2, 0.25) is 0 Å². The van der Waals surface area contributed by atoms with E-state index in [2.05, 4.69) is 20.8 Å². The quantitative estimate of drug-likeness (QED) is 0.512. The van der Waals surface area contributed by atoms with Gasteiger partial charge in [0.15, 0.2) is 4.34 Å². The Morgan fingerprint density at radius 3 is 2.84 bits per heavy atom. The van der Waals surface area contributed by atoms with E-state index in [9.17, 15) is 4.79 Å². The molecule has 0 spiro atoms. The van der Waals surface area contributed by atoms with E-state index < -0.39 is 0 Å². The fraction of sp³-hybridized carbons (Fsp3) is 0.118. The molecule has 126 valence electrons. The van der Waals surface area contributed by atoms with E-state index in [0.717, 1.165) is 37.1 Å². The van der Waals surface area contributed by atoms with Gasteiger partial charge in [-0.05, 0) is 24.3 Å². The minimum atomic E-state index is -0.0849. The molecule has 0 saturated carbocycles. The minimum absolute atomic E-state index is 0.0849. The number of hydrogen-bond acceptors (Lipinski definition) is 7. The summed E-state index contributed by atoms with van der Waals surface area (Å²) in [5, 5.41) is 16.6. The molecule has 2 aromatic carbocycles. The molecule has 0 atom stereocenters. The summed E-state index contributed by atoms with van der Waals surface area (Å²) in [5.41, 5.74) is 2.40. The first-order valence-corrected chi connectivity index (χ1v) is 9.38. The van der Waals surface area contributed by atoms with Crippen LogP contribution in [0.1, 0.15) is 0 Å². The van der Waals surface area contributed by atoms with Crippen molar-refractivity contribution >= 4 is 61.8 Å². The van der Waals surface area contributed by atoms with Crippen molar-refractivity contribution in [1.82, 2.24) is 10.2 Å². The first kappa shape index (κ1) is 15.9. The summed E-state index contributed by atoms with van der Waals surface area (Å²) in [6.45, 7) is 0. The van der Waals surface area contributed by atoms with Crippen LogP contribution in [0, 0.1) is 0 Å². The van der Waals surface area contributed by atoms with Crippen LogP contribution in [0.4, 0.5) is 10.8 Å². The highest BCUT2D eigenvalue weighted by atomic mass is 32.2. The second-order valence-corrected chi connectivity index (χ2v) is 7.47. The van der Waals surface area contributed by atoms with Gasteiger partial charge in [0, 0.05) is 23.5 Å². The van der Waals surface area contributed by atoms with E-state index in [0.29, 0.717) is 0 Å². The number of nitrogens with one attached hydrogen (secondary N) is 2. The Bertz CT molecular complexity index is 1060. The van der Waals surface area contributed by atoms with Crippen molar-refractivity contribution in [3.63, 3.8) is 0 Å². The average molecular weight is 370 g/mol. The lowest BCUT2D eigenvalue weighted by Gasteiger charge is -2.04. The van der Waals surface area contributed by atoms with E-state index in [4.69, 9.17) is 4.42 Å². The molecule has 4 aromatic rings. The zero-order chi connectivity index (χ0) is 17.2. The van der Waals surface area contributed by atoms with E-state index in [1.54, 1.807) is 7.05 Å². The molecule has 0 aliphatic heterocycles. The summed E-state index contributed by atoms with van der Waals surface area (Å²) >= 11 is 2.79. The third kappa shape index (κ3) is 3.31. The van der Waals surface area contributed by atoms with Crippen LogP contribution in [0.25, 0.3) is 21.9 Å². The van der Waals surface area contributed by atoms with E-state index in [1.807, 2.05) is 42.5 Å². The number of rotatable bonds is 5. The van der Waals surface area contributed by atoms with Crippen molar-refractivity contribution in [2.24, 2.45) is 0 Å². The highest BCUT2D eigenvalue weighted by molar-refractivity contribution is 8.01. The number of benzene rings is 2. The molecule has 0 saturated heterocycles. The molecule has 0 radical (unpaired) electrons. The fourth-order valence-electron chi connectivity index (χ4n) is 2.50. The van der Waals surface area contributed by atoms with Crippen LogP contribution < -0.4 is 10.6 Å². The van der Waals surface area contributed by atoms with Crippen LogP contribution in [0.15, 0.2) is 51.2 Å². The normalized spacial score (nSPS) is 11.1. The van der Waals surface area contributed by atoms with Crippen LogP contribution in [-0.4, -0.2) is 28.9 Å². The van der Waals surface area contributed by atoms with Gasteiger partial charge in [-0.1, -0.05) is 41.3 Å². The van der Waals surface area contributed by atoms with Gasteiger partial charge < -0.3 is 15.1 Å². The van der Waals surface area contributed by atoms with Gasteiger partial charge in [-0.25, -0.2) is 0 Å². The molecule has 0 aliphatic carbocycles. The number of fused-ring (bicyclic) bond motifs is 3.